The first kappa shape index (κ1) is 22.0. The van der Waals surface area contributed by atoms with Crippen LogP contribution in [0.4, 0.5) is 0 Å². The van der Waals surface area contributed by atoms with Gasteiger partial charge in [-0.05, 0) is 61.5 Å². The normalized spacial score (nSPS) is 12.1. The molecule has 0 bridgehead atoms. The van der Waals surface area contributed by atoms with Gasteiger partial charge in [0.15, 0.2) is 0 Å². The second-order valence-corrected chi connectivity index (χ2v) is 11.8. The second kappa shape index (κ2) is 8.08. The fourth-order valence-corrected chi connectivity index (χ4v) is 7.76. The highest BCUT2D eigenvalue weighted by Gasteiger charge is 2.19. The molecule has 0 aliphatic heterocycles. The summed E-state index contributed by atoms with van der Waals surface area (Å²) < 4.78 is 7.56. The minimum Gasteiger partial charge on any atom is -0.309 e. The highest BCUT2D eigenvalue weighted by Crippen LogP contribution is 2.43. The smallest absolute Gasteiger partial charge is 0.0634 e. The van der Waals surface area contributed by atoms with Crippen LogP contribution >= 0.6 is 11.3 Å². The Labute approximate surface area is 234 Å². The lowest BCUT2D eigenvalue weighted by molar-refractivity contribution is 1.14. The zero-order valence-corrected chi connectivity index (χ0v) is 22.7. The molecule has 0 saturated carbocycles. The van der Waals surface area contributed by atoms with Crippen LogP contribution in [-0.4, -0.2) is 9.13 Å². The number of para-hydroxylation sites is 3. The zero-order chi connectivity index (χ0) is 26.4. The Morgan fingerprint density at radius 3 is 1.73 bits per heavy atom. The first-order valence-corrected chi connectivity index (χ1v) is 14.5. The fourth-order valence-electron chi connectivity index (χ4n) is 6.67. The molecule has 0 fully saturated rings. The molecule has 3 heteroatoms. The van der Waals surface area contributed by atoms with Crippen LogP contribution in [0.2, 0.25) is 0 Å². The number of nitrogens with zero attached hydrogens (tertiary/aromatic N) is 2. The molecule has 6 aromatic carbocycles. The molecule has 9 aromatic rings. The van der Waals surface area contributed by atoms with E-state index in [-0.39, 0.29) is 0 Å². The van der Waals surface area contributed by atoms with E-state index in [1.165, 1.54) is 80.7 Å². The lowest BCUT2D eigenvalue weighted by Crippen LogP contribution is -1.98. The van der Waals surface area contributed by atoms with E-state index in [0.29, 0.717) is 0 Å². The van der Waals surface area contributed by atoms with Crippen molar-refractivity contribution < 1.29 is 0 Å². The third-order valence-corrected chi connectivity index (χ3v) is 9.48. The standard InChI is InChI=1S/C37H24N2S/c1-23-17-19-34-30(21-23)36-35(40-34)20-18-29-28-13-4-7-16-33(28)39(37(29)36)25-10-8-9-24(22-25)38-31-14-5-2-11-26(31)27-12-3-6-15-32(27)38/h2-22H,1H3. The van der Waals surface area contributed by atoms with Gasteiger partial charge in [0.2, 0.25) is 0 Å². The molecule has 40 heavy (non-hydrogen) atoms. The van der Waals surface area contributed by atoms with Crippen molar-refractivity contribution >= 4 is 75.1 Å². The van der Waals surface area contributed by atoms with Gasteiger partial charge in [-0.25, -0.2) is 0 Å². The molecule has 3 heterocycles. The van der Waals surface area contributed by atoms with Gasteiger partial charge in [0.25, 0.3) is 0 Å². The van der Waals surface area contributed by atoms with Crippen molar-refractivity contribution in [3.8, 4) is 11.4 Å². The van der Waals surface area contributed by atoms with Crippen molar-refractivity contribution in [3.63, 3.8) is 0 Å². The number of aromatic nitrogens is 2. The van der Waals surface area contributed by atoms with Gasteiger partial charge in [-0.15, -0.1) is 11.3 Å². The Morgan fingerprint density at radius 1 is 0.450 bits per heavy atom. The molecule has 0 aliphatic rings. The molecule has 0 N–H and O–H groups in total. The molecule has 0 atom stereocenters. The quantitative estimate of drug-likeness (QED) is 0.211. The zero-order valence-electron chi connectivity index (χ0n) is 21.9. The SMILES string of the molecule is Cc1ccc2sc3ccc4c5ccccc5n(-c5cccc(-n6c7ccccc7c7ccccc76)c5)c4c3c2c1. The van der Waals surface area contributed by atoms with Crippen LogP contribution < -0.4 is 0 Å². The summed E-state index contributed by atoms with van der Waals surface area (Å²) in [5.41, 5.74) is 8.60. The first-order chi connectivity index (χ1) is 19.8. The minimum absolute atomic E-state index is 1.17. The van der Waals surface area contributed by atoms with Gasteiger partial charge in [-0.1, -0.05) is 78.4 Å². The van der Waals surface area contributed by atoms with Crippen LogP contribution in [-0.2, 0) is 0 Å². The molecule has 0 amide bonds. The largest absolute Gasteiger partial charge is 0.309 e. The second-order valence-electron chi connectivity index (χ2n) is 10.7. The van der Waals surface area contributed by atoms with E-state index in [4.69, 9.17) is 0 Å². The summed E-state index contributed by atoms with van der Waals surface area (Å²) in [6, 6.07) is 46.8. The average Bonchev–Trinajstić information content (AvgIpc) is 3.64. The topological polar surface area (TPSA) is 9.86 Å². The Bertz CT molecular complexity index is 2400. The molecule has 9 rings (SSSR count). The number of hydrogen-bond acceptors (Lipinski definition) is 1. The number of rotatable bonds is 2. The Kier molecular flexibility index (Phi) is 4.44. The molecule has 3 aromatic heterocycles. The van der Waals surface area contributed by atoms with E-state index >= 15 is 0 Å². The third-order valence-electron chi connectivity index (χ3n) is 8.35. The highest BCUT2D eigenvalue weighted by molar-refractivity contribution is 7.26. The van der Waals surface area contributed by atoms with Crippen LogP contribution in [0.1, 0.15) is 5.56 Å². The summed E-state index contributed by atoms with van der Waals surface area (Å²) in [6.07, 6.45) is 0. The summed E-state index contributed by atoms with van der Waals surface area (Å²) >= 11 is 1.89. The molecule has 188 valence electrons. The monoisotopic (exact) mass is 528 g/mol. The molecular weight excluding hydrogens is 504 g/mol. The number of aryl methyl sites for hydroxylation is 1. The van der Waals surface area contributed by atoms with Crippen molar-refractivity contribution in [1.82, 2.24) is 9.13 Å². The van der Waals surface area contributed by atoms with Crippen LogP contribution in [0, 0.1) is 6.92 Å². The predicted octanol–water partition coefficient (Wildman–Crippen LogP) is 10.6. The molecular formula is C37H24N2S. The summed E-state index contributed by atoms with van der Waals surface area (Å²) in [7, 11) is 0. The Hall–Kier alpha value is -4.86. The maximum absolute atomic E-state index is 2.48. The number of hydrogen-bond donors (Lipinski definition) is 0. The van der Waals surface area contributed by atoms with Gasteiger partial charge in [0.1, 0.15) is 0 Å². The Balaban J connectivity index is 1.42. The Morgan fingerprint density at radius 2 is 1.02 bits per heavy atom. The van der Waals surface area contributed by atoms with E-state index in [9.17, 15) is 0 Å². The van der Waals surface area contributed by atoms with E-state index in [1.54, 1.807) is 0 Å². The maximum atomic E-state index is 2.48. The van der Waals surface area contributed by atoms with Crippen LogP contribution in [0.25, 0.3) is 75.2 Å². The van der Waals surface area contributed by atoms with Crippen molar-refractivity contribution in [3.05, 3.63) is 133 Å². The summed E-state index contributed by atoms with van der Waals surface area (Å²) in [5, 5.41) is 7.83. The van der Waals surface area contributed by atoms with Crippen molar-refractivity contribution in [2.75, 3.05) is 0 Å². The van der Waals surface area contributed by atoms with Gasteiger partial charge in [-0.3, -0.25) is 0 Å². The van der Waals surface area contributed by atoms with Crippen LogP contribution in [0.15, 0.2) is 127 Å². The van der Waals surface area contributed by atoms with E-state index < -0.39 is 0 Å². The summed E-state index contributed by atoms with van der Waals surface area (Å²) in [6.45, 7) is 2.19. The average molecular weight is 529 g/mol. The molecule has 0 radical (unpaired) electrons. The van der Waals surface area contributed by atoms with Gasteiger partial charge in [0.05, 0.1) is 22.1 Å². The molecule has 2 nitrogen and oxygen atoms in total. The van der Waals surface area contributed by atoms with Gasteiger partial charge < -0.3 is 9.13 Å². The van der Waals surface area contributed by atoms with E-state index in [0.717, 1.165) is 0 Å². The lowest BCUT2D eigenvalue weighted by Gasteiger charge is -2.13. The predicted molar refractivity (Wildman–Crippen MR) is 173 cm³/mol. The summed E-state index contributed by atoms with van der Waals surface area (Å²) in [5.74, 6) is 0. The first-order valence-electron chi connectivity index (χ1n) is 13.7. The van der Waals surface area contributed by atoms with Gasteiger partial charge in [0, 0.05) is 53.1 Å². The maximum Gasteiger partial charge on any atom is 0.0634 e. The van der Waals surface area contributed by atoms with E-state index in [1.807, 2.05) is 11.3 Å². The molecule has 0 unspecified atom stereocenters. The molecule has 0 saturated heterocycles. The number of fused-ring (bicyclic) bond motifs is 10. The third kappa shape index (κ3) is 2.93. The molecule has 0 spiro atoms. The van der Waals surface area contributed by atoms with Crippen LogP contribution in [0.5, 0.6) is 0 Å². The van der Waals surface area contributed by atoms with E-state index in [2.05, 4.69) is 143 Å². The van der Waals surface area contributed by atoms with Gasteiger partial charge >= 0.3 is 0 Å². The van der Waals surface area contributed by atoms with Crippen molar-refractivity contribution in [2.24, 2.45) is 0 Å². The minimum atomic E-state index is 1.17. The van der Waals surface area contributed by atoms with Crippen molar-refractivity contribution in [1.29, 1.82) is 0 Å². The summed E-state index contributed by atoms with van der Waals surface area (Å²) in [4.78, 5) is 0. The van der Waals surface area contributed by atoms with Gasteiger partial charge in [-0.2, -0.15) is 0 Å². The number of thiophene rings is 1. The van der Waals surface area contributed by atoms with Crippen LogP contribution in [0.3, 0.4) is 0 Å². The fraction of sp³-hybridized carbons (Fsp3) is 0.0270. The lowest BCUT2D eigenvalue weighted by atomic mass is 10.1. The van der Waals surface area contributed by atoms with Crippen molar-refractivity contribution in [2.45, 2.75) is 6.92 Å². The highest BCUT2D eigenvalue weighted by atomic mass is 32.1. The molecule has 0 aliphatic carbocycles. The number of benzene rings is 6.